The minimum atomic E-state index is 0.293. The molecular weight excluding hydrogens is 256 g/mol. The average molecular weight is 278 g/mol. The van der Waals surface area contributed by atoms with Gasteiger partial charge in [-0.2, -0.15) is 11.8 Å². The van der Waals surface area contributed by atoms with Gasteiger partial charge in [-0.3, -0.25) is 0 Å². The van der Waals surface area contributed by atoms with Gasteiger partial charge in [0, 0.05) is 37.6 Å². The van der Waals surface area contributed by atoms with Crippen LogP contribution < -0.4 is 0 Å². The summed E-state index contributed by atoms with van der Waals surface area (Å²) < 4.78 is 26.9. The van der Waals surface area contributed by atoms with Crippen LogP contribution in [0, 0.1) is 11.8 Å². The highest BCUT2D eigenvalue weighted by Gasteiger charge is 2.46. The highest BCUT2D eigenvalue weighted by atomic mass is 32.2. The normalized spacial score (nSPS) is 35.0. The van der Waals surface area contributed by atoms with Crippen molar-refractivity contribution in [2.75, 3.05) is 52.5 Å². The van der Waals surface area contributed by atoms with E-state index in [2.05, 4.69) is 0 Å². The lowest BCUT2D eigenvalue weighted by atomic mass is 9.89. The lowest BCUT2D eigenvalue weighted by molar-refractivity contribution is -0.0707. The SMILES string of the molecule is COCOC[C@@H]1[C@H](COCOC)[C@H]2CSC[C@@H]1O2. The highest BCUT2D eigenvalue weighted by Crippen LogP contribution is 2.40. The summed E-state index contributed by atoms with van der Waals surface area (Å²) in [6.45, 7) is 2.03. The molecule has 0 aromatic rings. The fourth-order valence-electron chi connectivity index (χ4n) is 2.60. The Morgan fingerprint density at radius 3 is 1.89 bits per heavy atom. The van der Waals surface area contributed by atoms with Crippen LogP contribution in [0.1, 0.15) is 0 Å². The van der Waals surface area contributed by atoms with Crippen molar-refractivity contribution < 1.29 is 23.7 Å². The quantitative estimate of drug-likeness (QED) is 0.487. The first-order chi connectivity index (χ1) is 8.86. The van der Waals surface area contributed by atoms with Gasteiger partial charge in [0.15, 0.2) is 0 Å². The van der Waals surface area contributed by atoms with Crippen LogP contribution in [0.2, 0.25) is 0 Å². The molecule has 2 heterocycles. The third kappa shape index (κ3) is 3.59. The molecule has 4 atom stereocenters. The molecule has 0 saturated carbocycles. The molecule has 2 aliphatic rings. The Balaban J connectivity index is 1.85. The predicted octanol–water partition coefficient (Wildman–Crippen LogP) is 0.974. The first-order valence-corrected chi connectivity index (χ1v) is 7.38. The molecule has 6 heteroatoms. The molecule has 0 N–H and O–H groups in total. The Kier molecular flexibility index (Phi) is 6.20. The maximum atomic E-state index is 6.02. The molecule has 0 unspecified atom stereocenters. The summed E-state index contributed by atoms with van der Waals surface area (Å²) in [6, 6.07) is 0. The van der Waals surface area contributed by atoms with E-state index >= 15 is 0 Å². The maximum Gasteiger partial charge on any atom is 0.146 e. The Labute approximate surface area is 112 Å². The van der Waals surface area contributed by atoms with E-state index in [1.807, 2.05) is 11.8 Å². The van der Waals surface area contributed by atoms with Gasteiger partial charge in [-0.15, -0.1) is 0 Å². The minimum Gasteiger partial charge on any atom is -0.372 e. The summed E-state index contributed by atoms with van der Waals surface area (Å²) in [5.41, 5.74) is 0. The molecule has 5 nitrogen and oxygen atoms in total. The molecule has 2 fully saturated rings. The summed E-state index contributed by atoms with van der Waals surface area (Å²) in [4.78, 5) is 0. The van der Waals surface area contributed by atoms with Gasteiger partial charge in [0.1, 0.15) is 13.6 Å². The highest BCUT2D eigenvalue weighted by molar-refractivity contribution is 7.99. The second-order valence-corrected chi connectivity index (χ2v) is 5.71. The number of hydrogen-bond acceptors (Lipinski definition) is 6. The molecule has 18 heavy (non-hydrogen) atoms. The summed E-state index contributed by atoms with van der Waals surface area (Å²) >= 11 is 1.96. The largest absolute Gasteiger partial charge is 0.372 e. The van der Waals surface area contributed by atoms with Crippen molar-refractivity contribution in [3.05, 3.63) is 0 Å². The van der Waals surface area contributed by atoms with Crippen molar-refractivity contribution >= 4 is 11.8 Å². The van der Waals surface area contributed by atoms with Crippen molar-refractivity contribution in [2.45, 2.75) is 12.2 Å². The average Bonchev–Trinajstić information content (AvgIpc) is 2.62. The maximum absolute atomic E-state index is 6.02. The van der Waals surface area contributed by atoms with E-state index in [0.29, 0.717) is 50.8 Å². The van der Waals surface area contributed by atoms with Gasteiger partial charge in [0.2, 0.25) is 0 Å². The van der Waals surface area contributed by atoms with E-state index in [1.54, 1.807) is 14.2 Å². The number of rotatable bonds is 8. The zero-order chi connectivity index (χ0) is 12.8. The number of hydrogen-bond donors (Lipinski definition) is 0. The molecule has 0 amide bonds. The summed E-state index contributed by atoms with van der Waals surface area (Å²) in [5, 5.41) is 0. The number of fused-ring (bicyclic) bond motifs is 2. The van der Waals surface area contributed by atoms with E-state index in [0.717, 1.165) is 11.5 Å². The van der Waals surface area contributed by atoms with Gasteiger partial charge in [0.05, 0.1) is 25.4 Å². The standard InChI is InChI=1S/C12H22O5S/c1-13-7-15-3-9-10(4-16-8-14-2)12-6-18-5-11(9)17-12/h9-12H,3-8H2,1-2H3/t9-,10+,11+,12-. The summed E-state index contributed by atoms with van der Waals surface area (Å²) in [7, 11) is 3.27. The van der Waals surface area contributed by atoms with Crippen LogP contribution in [0.4, 0.5) is 0 Å². The van der Waals surface area contributed by atoms with Gasteiger partial charge in [-0.25, -0.2) is 0 Å². The van der Waals surface area contributed by atoms with E-state index in [9.17, 15) is 0 Å². The zero-order valence-corrected chi connectivity index (χ0v) is 11.8. The van der Waals surface area contributed by atoms with Gasteiger partial charge in [-0.1, -0.05) is 0 Å². The van der Waals surface area contributed by atoms with E-state index < -0.39 is 0 Å². The predicted molar refractivity (Wildman–Crippen MR) is 68.6 cm³/mol. The molecule has 0 aromatic carbocycles. The molecule has 2 saturated heterocycles. The zero-order valence-electron chi connectivity index (χ0n) is 11.0. The number of thioether (sulfide) groups is 1. The Hall–Kier alpha value is 0.150. The van der Waals surface area contributed by atoms with Gasteiger partial charge in [-0.05, 0) is 0 Å². The molecule has 2 bridgehead atoms. The van der Waals surface area contributed by atoms with Crippen molar-refractivity contribution in [1.29, 1.82) is 0 Å². The van der Waals surface area contributed by atoms with Crippen molar-refractivity contribution in [3.63, 3.8) is 0 Å². The third-order valence-corrected chi connectivity index (χ3v) is 4.57. The molecule has 106 valence electrons. The minimum absolute atomic E-state index is 0.293. The molecule has 0 aromatic heterocycles. The third-order valence-electron chi connectivity index (χ3n) is 3.44. The number of ether oxygens (including phenoxy) is 5. The van der Waals surface area contributed by atoms with Crippen LogP contribution in [0.15, 0.2) is 0 Å². The Morgan fingerprint density at radius 2 is 1.44 bits per heavy atom. The summed E-state index contributed by atoms with van der Waals surface area (Å²) in [5.74, 6) is 2.91. The summed E-state index contributed by atoms with van der Waals surface area (Å²) in [6.07, 6.45) is 0.587. The van der Waals surface area contributed by atoms with Crippen LogP contribution in [0.5, 0.6) is 0 Å². The van der Waals surface area contributed by atoms with Crippen LogP contribution in [-0.2, 0) is 23.7 Å². The molecule has 2 aliphatic heterocycles. The van der Waals surface area contributed by atoms with E-state index in [-0.39, 0.29) is 0 Å². The first kappa shape index (κ1) is 14.6. The smallest absolute Gasteiger partial charge is 0.146 e. The topological polar surface area (TPSA) is 46.2 Å². The van der Waals surface area contributed by atoms with E-state index in [4.69, 9.17) is 23.7 Å². The van der Waals surface area contributed by atoms with Gasteiger partial charge < -0.3 is 23.7 Å². The van der Waals surface area contributed by atoms with Crippen molar-refractivity contribution in [1.82, 2.24) is 0 Å². The lowest BCUT2D eigenvalue weighted by Gasteiger charge is -2.21. The number of methoxy groups -OCH3 is 2. The lowest BCUT2D eigenvalue weighted by Crippen LogP contribution is -2.30. The molecular formula is C12H22O5S. The monoisotopic (exact) mass is 278 g/mol. The first-order valence-electron chi connectivity index (χ1n) is 6.23. The van der Waals surface area contributed by atoms with Crippen LogP contribution >= 0.6 is 11.8 Å². The second kappa shape index (κ2) is 7.67. The van der Waals surface area contributed by atoms with Crippen LogP contribution in [0.25, 0.3) is 0 Å². The van der Waals surface area contributed by atoms with Crippen LogP contribution in [0.3, 0.4) is 0 Å². The van der Waals surface area contributed by atoms with Crippen LogP contribution in [-0.4, -0.2) is 64.7 Å². The van der Waals surface area contributed by atoms with Gasteiger partial charge >= 0.3 is 0 Å². The van der Waals surface area contributed by atoms with E-state index in [1.165, 1.54) is 0 Å². The fraction of sp³-hybridized carbons (Fsp3) is 1.00. The second-order valence-electron chi connectivity index (χ2n) is 4.63. The Bertz CT molecular complexity index is 219. The Morgan fingerprint density at radius 1 is 0.944 bits per heavy atom. The fourth-order valence-corrected chi connectivity index (χ4v) is 3.85. The molecule has 0 spiro atoms. The molecule has 2 rings (SSSR count). The van der Waals surface area contributed by atoms with Crippen molar-refractivity contribution in [2.24, 2.45) is 11.8 Å². The van der Waals surface area contributed by atoms with Crippen molar-refractivity contribution in [3.8, 4) is 0 Å². The van der Waals surface area contributed by atoms with Gasteiger partial charge in [0.25, 0.3) is 0 Å². The molecule has 0 radical (unpaired) electrons. The molecule has 0 aliphatic carbocycles.